The zero-order chi connectivity index (χ0) is 15.7. The van der Waals surface area contributed by atoms with Crippen molar-refractivity contribution >= 4 is 22.7 Å². The summed E-state index contributed by atoms with van der Waals surface area (Å²) >= 11 is 0. The lowest BCUT2D eigenvalue weighted by atomic mass is 10.1. The molecular weight excluding hydrogens is 278 g/mol. The van der Waals surface area contributed by atoms with Crippen molar-refractivity contribution in [2.75, 3.05) is 26.1 Å². The Kier molecular flexibility index (Phi) is 3.55. The van der Waals surface area contributed by atoms with E-state index >= 15 is 0 Å². The van der Waals surface area contributed by atoms with Gasteiger partial charge in [0.15, 0.2) is 0 Å². The molecule has 22 heavy (non-hydrogen) atoms. The Morgan fingerprint density at radius 1 is 1.18 bits per heavy atom. The third kappa shape index (κ3) is 2.41. The van der Waals surface area contributed by atoms with Gasteiger partial charge in [0.25, 0.3) is 0 Å². The van der Waals surface area contributed by atoms with Crippen LogP contribution in [-0.2, 0) is 4.74 Å². The number of carbonyl (C=O) groups excluding carboxylic acids is 1. The average molecular weight is 295 g/mol. The number of anilines is 1. The fourth-order valence-electron chi connectivity index (χ4n) is 2.44. The number of nitrogens with one attached hydrogen (secondary N) is 1. The molecule has 0 radical (unpaired) electrons. The van der Waals surface area contributed by atoms with E-state index in [1.807, 2.05) is 55.4 Å². The molecule has 5 nitrogen and oxygen atoms in total. The minimum atomic E-state index is -0.360. The van der Waals surface area contributed by atoms with Gasteiger partial charge in [-0.05, 0) is 30.3 Å². The molecule has 112 valence electrons. The molecule has 0 aliphatic heterocycles. The Morgan fingerprint density at radius 3 is 2.64 bits per heavy atom. The van der Waals surface area contributed by atoms with Crippen LogP contribution in [0, 0.1) is 0 Å². The van der Waals surface area contributed by atoms with Gasteiger partial charge in [0.2, 0.25) is 0 Å². The summed E-state index contributed by atoms with van der Waals surface area (Å²) in [5.41, 5.74) is 4.04. The van der Waals surface area contributed by atoms with E-state index < -0.39 is 0 Å². The van der Waals surface area contributed by atoms with Gasteiger partial charge in [-0.25, -0.2) is 9.78 Å². The van der Waals surface area contributed by atoms with Crippen LogP contribution in [0.15, 0.2) is 42.5 Å². The SMILES string of the molecule is COC(=O)c1cc(-c2nc3ccccc3[nH]2)ccc1N(C)C. The van der Waals surface area contributed by atoms with Crippen LogP contribution in [0.5, 0.6) is 0 Å². The minimum absolute atomic E-state index is 0.360. The summed E-state index contributed by atoms with van der Waals surface area (Å²) in [6, 6.07) is 13.5. The highest BCUT2D eigenvalue weighted by Gasteiger charge is 2.16. The Labute approximate surface area is 128 Å². The fourth-order valence-corrected chi connectivity index (χ4v) is 2.44. The molecular formula is C17H17N3O2. The molecule has 0 atom stereocenters. The number of benzene rings is 2. The van der Waals surface area contributed by atoms with Crippen molar-refractivity contribution in [3.05, 3.63) is 48.0 Å². The van der Waals surface area contributed by atoms with Crippen LogP contribution in [0.3, 0.4) is 0 Å². The quantitative estimate of drug-likeness (QED) is 0.754. The van der Waals surface area contributed by atoms with Crippen LogP contribution >= 0.6 is 0 Å². The van der Waals surface area contributed by atoms with Gasteiger partial charge in [0.05, 0.1) is 29.4 Å². The first-order valence-corrected chi connectivity index (χ1v) is 6.95. The van der Waals surface area contributed by atoms with E-state index in [0.717, 1.165) is 28.1 Å². The maximum absolute atomic E-state index is 12.0. The number of carbonyl (C=O) groups is 1. The number of fused-ring (bicyclic) bond motifs is 1. The predicted molar refractivity (Wildman–Crippen MR) is 87.2 cm³/mol. The molecule has 0 saturated carbocycles. The topological polar surface area (TPSA) is 58.2 Å². The number of ether oxygens (including phenoxy) is 1. The van der Waals surface area contributed by atoms with Crippen molar-refractivity contribution in [2.45, 2.75) is 0 Å². The maximum Gasteiger partial charge on any atom is 0.339 e. The Morgan fingerprint density at radius 2 is 1.95 bits per heavy atom. The molecule has 1 N–H and O–H groups in total. The summed E-state index contributed by atoms with van der Waals surface area (Å²) in [7, 11) is 5.17. The highest BCUT2D eigenvalue weighted by Crippen LogP contribution is 2.27. The van der Waals surface area contributed by atoms with Gasteiger partial charge in [-0.3, -0.25) is 0 Å². The number of nitrogens with zero attached hydrogens (tertiary/aromatic N) is 2. The molecule has 0 aliphatic carbocycles. The molecule has 1 heterocycles. The smallest absolute Gasteiger partial charge is 0.339 e. The van der Waals surface area contributed by atoms with Crippen LogP contribution in [0.25, 0.3) is 22.4 Å². The Hall–Kier alpha value is -2.82. The lowest BCUT2D eigenvalue weighted by molar-refractivity contribution is 0.0601. The monoisotopic (exact) mass is 295 g/mol. The highest BCUT2D eigenvalue weighted by molar-refractivity contribution is 5.97. The van der Waals surface area contributed by atoms with Crippen molar-refractivity contribution in [2.24, 2.45) is 0 Å². The summed E-state index contributed by atoms with van der Waals surface area (Å²) in [4.78, 5) is 21.7. The number of imidazole rings is 1. The Bertz CT molecular complexity index is 804. The number of rotatable bonds is 3. The maximum atomic E-state index is 12.0. The third-order valence-electron chi connectivity index (χ3n) is 3.55. The molecule has 1 aromatic heterocycles. The second-order valence-electron chi connectivity index (χ2n) is 5.22. The predicted octanol–water partition coefficient (Wildman–Crippen LogP) is 3.08. The van der Waals surface area contributed by atoms with Crippen LogP contribution in [-0.4, -0.2) is 37.1 Å². The molecule has 0 fully saturated rings. The van der Waals surface area contributed by atoms with Gasteiger partial charge in [0.1, 0.15) is 5.82 Å². The molecule has 0 aliphatic rings. The molecule has 0 saturated heterocycles. The van der Waals surface area contributed by atoms with Gasteiger partial charge >= 0.3 is 5.97 Å². The van der Waals surface area contributed by atoms with Crippen LogP contribution in [0.4, 0.5) is 5.69 Å². The van der Waals surface area contributed by atoms with E-state index in [1.165, 1.54) is 7.11 Å². The van der Waals surface area contributed by atoms with E-state index in [9.17, 15) is 4.79 Å². The molecule has 5 heteroatoms. The molecule has 0 unspecified atom stereocenters. The largest absolute Gasteiger partial charge is 0.465 e. The lowest BCUT2D eigenvalue weighted by Crippen LogP contribution is -2.14. The van der Waals surface area contributed by atoms with E-state index in [0.29, 0.717) is 5.56 Å². The zero-order valence-electron chi connectivity index (χ0n) is 12.8. The number of hydrogen-bond donors (Lipinski definition) is 1. The van der Waals surface area contributed by atoms with E-state index in [-0.39, 0.29) is 5.97 Å². The number of H-pyrrole nitrogens is 1. The number of aromatic nitrogens is 2. The minimum Gasteiger partial charge on any atom is -0.465 e. The summed E-state index contributed by atoms with van der Waals surface area (Å²) in [5.74, 6) is 0.373. The summed E-state index contributed by atoms with van der Waals surface area (Å²) < 4.78 is 4.88. The number of methoxy groups -OCH3 is 1. The standard InChI is InChI=1S/C17H17N3O2/c1-20(2)15-9-8-11(10-12(15)17(21)22-3)16-18-13-6-4-5-7-14(13)19-16/h4-10H,1-3H3,(H,18,19). The molecule has 0 amide bonds. The number of aromatic amines is 1. The molecule has 2 aromatic carbocycles. The van der Waals surface area contributed by atoms with Crippen molar-refractivity contribution in [3.63, 3.8) is 0 Å². The first-order chi connectivity index (χ1) is 10.6. The van der Waals surface area contributed by atoms with Gasteiger partial charge < -0.3 is 14.6 Å². The summed E-state index contributed by atoms with van der Waals surface area (Å²) in [5, 5.41) is 0. The number of para-hydroxylation sites is 2. The molecule has 0 spiro atoms. The molecule has 3 rings (SSSR count). The van der Waals surface area contributed by atoms with Crippen LogP contribution in [0.2, 0.25) is 0 Å². The van der Waals surface area contributed by atoms with Gasteiger partial charge in [-0.15, -0.1) is 0 Å². The van der Waals surface area contributed by atoms with E-state index in [2.05, 4.69) is 9.97 Å². The molecule has 3 aromatic rings. The first-order valence-electron chi connectivity index (χ1n) is 6.95. The van der Waals surface area contributed by atoms with Crippen molar-refractivity contribution in [1.82, 2.24) is 9.97 Å². The Balaban J connectivity index is 2.13. The van der Waals surface area contributed by atoms with Crippen molar-refractivity contribution in [3.8, 4) is 11.4 Å². The average Bonchev–Trinajstić information content (AvgIpc) is 2.97. The van der Waals surface area contributed by atoms with Crippen molar-refractivity contribution < 1.29 is 9.53 Å². The zero-order valence-corrected chi connectivity index (χ0v) is 12.8. The van der Waals surface area contributed by atoms with Crippen LogP contribution < -0.4 is 4.90 Å². The third-order valence-corrected chi connectivity index (χ3v) is 3.55. The first kappa shape index (κ1) is 14.1. The van der Waals surface area contributed by atoms with Crippen LogP contribution in [0.1, 0.15) is 10.4 Å². The fraction of sp³-hybridized carbons (Fsp3) is 0.176. The summed E-state index contributed by atoms with van der Waals surface area (Å²) in [6.07, 6.45) is 0. The van der Waals surface area contributed by atoms with E-state index in [1.54, 1.807) is 6.07 Å². The number of esters is 1. The highest BCUT2D eigenvalue weighted by atomic mass is 16.5. The normalized spacial score (nSPS) is 10.7. The summed E-state index contributed by atoms with van der Waals surface area (Å²) in [6.45, 7) is 0. The van der Waals surface area contributed by atoms with E-state index in [4.69, 9.17) is 4.74 Å². The molecule has 0 bridgehead atoms. The van der Waals surface area contributed by atoms with Gasteiger partial charge in [0, 0.05) is 19.7 Å². The lowest BCUT2D eigenvalue weighted by Gasteiger charge is -2.16. The second-order valence-corrected chi connectivity index (χ2v) is 5.22. The van der Waals surface area contributed by atoms with Gasteiger partial charge in [-0.1, -0.05) is 12.1 Å². The number of hydrogen-bond acceptors (Lipinski definition) is 4. The van der Waals surface area contributed by atoms with Crippen molar-refractivity contribution in [1.29, 1.82) is 0 Å². The second kappa shape index (κ2) is 5.52. The van der Waals surface area contributed by atoms with Gasteiger partial charge in [-0.2, -0.15) is 0 Å².